The van der Waals surface area contributed by atoms with Crippen LogP contribution in [0.5, 0.6) is 0 Å². The van der Waals surface area contributed by atoms with Crippen molar-refractivity contribution in [1.82, 2.24) is 19.7 Å². The largest absolute Gasteiger partial charge is 0.298 e. The van der Waals surface area contributed by atoms with Crippen LogP contribution in [-0.2, 0) is 19.5 Å². The molecule has 1 amide bonds. The second-order valence-electron chi connectivity index (χ2n) is 6.66. The summed E-state index contributed by atoms with van der Waals surface area (Å²) in [6, 6.07) is 12.4. The lowest BCUT2D eigenvalue weighted by Crippen LogP contribution is -2.29. The second kappa shape index (κ2) is 8.04. The summed E-state index contributed by atoms with van der Waals surface area (Å²) in [5.74, 6) is -0.361. The van der Waals surface area contributed by atoms with Crippen molar-refractivity contribution in [3.63, 3.8) is 0 Å². The maximum absolute atomic E-state index is 12.6. The molecule has 144 valence electrons. The van der Waals surface area contributed by atoms with Gasteiger partial charge in [-0.3, -0.25) is 19.8 Å². The number of anilines is 1. The highest BCUT2D eigenvalue weighted by atomic mass is 32.1. The maximum Gasteiger partial charge on any atom is 0.277 e. The van der Waals surface area contributed by atoms with Crippen LogP contribution in [0.15, 0.2) is 47.3 Å². The molecular formula is C20H21N5O2S. The van der Waals surface area contributed by atoms with Gasteiger partial charge in [-0.25, -0.2) is 9.67 Å². The number of rotatable bonds is 5. The Morgan fingerprint density at radius 1 is 1.21 bits per heavy atom. The van der Waals surface area contributed by atoms with Gasteiger partial charge in [0.2, 0.25) is 0 Å². The highest BCUT2D eigenvalue weighted by Crippen LogP contribution is 2.28. The van der Waals surface area contributed by atoms with E-state index in [0.717, 1.165) is 37.3 Å². The summed E-state index contributed by atoms with van der Waals surface area (Å²) in [4.78, 5) is 32.8. The Morgan fingerprint density at radius 3 is 2.82 bits per heavy atom. The molecule has 0 saturated heterocycles. The molecule has 7 nitrogen and oxygen atoms in total. The van der Waals surface area contributed by atoms with Crippen LogP contribution in [0.3, 0.4) is 0 Å². The van der Waals surface area contributed by atoms with Crippen molar-refractivity contribution < 1.29 is 4.79 Å². The minimum atomic E-state index is -0.361. The summed E-state index contributed by atoms with van der Waals surface area (Å²) in [5.41, 5.74) is 1.96. The maximum atomic E-state index is 12.6. The highest BCUT2D eigenvalue weighted by molar-refractivity contribution is 7.15. The molecule has 0 atom stereocenters. The number of hydrogen-bond acceptors (Lipinski definition) is 6. The van der Waals surface area contributed by atoms with Gasteiger partial charge in [0.1, 0.15) is 5.69 Å². The molecule has 1 aliphatic heterocycles. The van der Waals surface area contributed by atoms with Crippen molar-refractivity contribution in [2.45, 2.75) is 26.4 Å². The number of amides is 1. The SMILES string of the molecule is CCN1CCc2nc(NC(=O)c3ccc(=O)n(Cc4ccccc4)n3)sc2C1. The summed E-state index contributed by atoms with van der Waals surface area (Å²) >= 11 is 1.51. The molecular weight excluding hydrogens is 374 g/mol. The number of likely N-dealkylation sites (N-methyl/N-ethyl adjacent to an activating group) is 1. The predicted octanol–water partition coefficient (Wildman–Crippen LogP) is 2.38. The van der Waals surface area contributed by atoms with Gasteiger partial charge in [0, 0.05) is 30.5 Å². The Labute approximate surface area is 166 Å². The van der Waals surface area contributed by atoms with Gasteiger partial charge in [-0.05, 0) is 18.2 Å². The minimum absolute atomic E-state index is 0.193. The van der Waals surface area contributed by atoms with E-state index >= 15 is 0 Å². The number of nitrogens with zero attached hydrogens (tertiary/aromatic N) is 4. The lowest BCUT2D eigenvalue weighted by molar-refractivity contribution is 0.102. The van der Waals surface area contributed by atoms with Crippen LogP contribution in [0.2, 0.25) is 0 Å². The van der Waals surface area contributed by atoms with E-state index in [2.05, 4.69) is 27.2 Å². The van der Waals surface area contributed by atoms with Crippen molar-refractivity contribution in [2.24, 2.45) is 0 Å². The van der Waals surface area contributed by atoms with Gasteiger partial charge in [0.25, 0.3) is 11.5 Å². The first-order chi connectivity index (χ1) is 13.6. The summed E-state index contributed by atoms with van der Waals surface area (Å²) in [7, 11) is 0. The molecule has 3 heterocycles. The Bertz CT molecular complexity index is 1040. The molecule has 4 rings (SSSR count). The monoisotopic (exact) mass is 395 g/mol. The zero-order valence-electron chi connectivity index (χ0n) is 15.6. The van der Waals surface area contributed by atoms with E-state index in [-0.39, 0.29) is 17.2 Å². The van der Waals surface area contributed by atoms with Crippen LogP contribution >= 0.6 is 11.3 Å². The van der Waals surface area contributed by atoms with Crippen LogP contribution in [0.4, 0.5) is 5.13 Å². The van der Waals surface area contributed by atoms with Crippen LogP contribution in [-0.4, -0.2) is 38.7 Å². The molecule has 3 aromatic rings. The van der Waals surface area contributed by atoms with Gasteiger partial charge in [-0.2, -0.15) is 5.10 Å². The third-order valence-electron chi connectivity index (χ3n) is 4.75. The zero-order valence-corrected chi connectivity index (χ0v) is 16.4. The molecule has 0 unspecified atom stereocenters. The Kier molecular flexibility index (Phi) is 5.31. The first-order valence-corrected chi connectivity index (χ1v) is 10.1. The number of aromatic nitrogens is 3. The molecule has 0 saturated carbocycles. The molecule has 0 fully saturated rings. The molecule has 1 aliphatic rings. The Balaban J connectivity index is 1.50. The number of carbonyl (C=O) groups excluding carboxylic acids is 1. The molecule has 28 heavy (non-hydrogen) atoms. The van der Waals surface area contributed by atoms with E-state index < -0.39 is 0 Å². The van der Waals surface area contributed by atoms with Crippen molar-refractivity contribution in [1.29, 1.82) is 0 Å². The fraction of sp³-hybridized carbons (Fsp3) is 0.300. The topological polar surface area (TPSA) is 80.1 Å². The summed E-state index contributed by atoms with van der Waals surface area (Å²) in [5, 5.41) is 7.64. The van der Waals surface area contributed by atoms with E-state index in [1.54, 1.807) is 0 Å². The third kappa shape index (κ3) is 4.02. The van der Waals surface area contributed by atoms with Crippen LogP contribution < -0.4 is 10.9 Å². The van der Waals surface area contributed by atoms with Gasteiger partial charge in [-0.1, -0.05) is 37.3 Å². The third-order valence-corrected chi connectivity index (χ3v) is 5.75. The minimum Gasteiger partial charge on any atom is -0.298 e. The molecule has 1 N–H and O–H groups in total. The van der Waals surface area contributed by atoms with Crippen LogP contribution in [0.1, 0.15) is 33.5 Å². The van der Waals surface area contributed by atoms with E-state index in [4.69, 9.17) is 0 Å². The number of thiazole rings is 1. The number of carbonyl (C=O) groups is 1. The number of fused-ring (bicyclic) bond motifs is 1. The van der Waals surface area contributed by atoms with Gasteiger partial charge in [0.15, 0.2) is 5.13 Å². The summed E-state index contributed by atoms with van der Waals surface area (Å²) in [6.45, 7) is 5.34. The van der Waals surface area contributed by atoms with E-state index in [1.807, 2.05) is 30.3 Å². The van der Waals surface area contributed by atoms with Crippen LogP contribution in [0, 0.1) is 0 Å². The first-order valence-electron chi connectivity index (χ1n) is 9.26. The number of hydrogen-bond donors (Lipinski definition) is 1. The summed E-state index contributed by atoms with van der Waals surface area (Å²) < 4.78 is 1.30. The van der Waals surface area contributed by atoms with E-state index in [0.29, 0.717) is 11.7 Å². The average Bonchev–Trinajstić information content (AvgIpc) is 3.11. The second-order valence-corrected chi connectivity index (χ2v) is 7.75. The quantitative estimate of drug-likeness (QED) is 0.717. The fourth-order valence-corrected chi connectivity index (χ4v) is 4.22. The number of nitrogens with one attached hydrogen (secondary N) is 1. The normalized spacial score (nSPS) is 13.9. The standard InChI is InChI=1S/C20H21N5O2S/c1-2-24-11-10-15-17(13-24)28-20(21-15)22-19(27)16-8-9-18(26)25(23-16)12-14-6-4-3-5-7-14/h3-9H,2,10-13H2,1H3,(H,21,22,27). The van der Waals surface area contributed by atoms with Crippen molar-refractivity contribution in [3.8, 4) is 0 Å². The fourth-order valence-electron chi connectivity index (χ4n) is 3.17. The van der Waals surface area contributed by atoms with E-state index in [9.17, 15) is 9.59 Å². The molecule has 8 heteroatoms. The average molecular weight is 395 g/mol. The molecule has 0 spiro atoms. The highest BCUT2D eigenvalue weighted by Gasteiger charge is 2.21. The Morgan fingerprint density at radius 2 is 2.04 bits per heavy atom. The molecule has 2 aromatic heterocycles. The van der Waals surface area contributed by atoms with Gasteiger partial charge in [-0.15, -0.1) is 11.3 Å². The smallest absolute Gasteiger partial charge is 0.277 e. The van der Waals surface area contributed by atoms with Crippen LogP contribution in [0.25, 0.3) is 0 Å². The lowest BCUT2D eigenvalue weighted by atomic mass is 10.2. The first kappa shape index (κ1) is 18.5. The lowest BCUT2D eigenvalue weighted by Gasteiger charge is -2.23. The van der Waals surface area contributed by atoms with E-state index in [1.165, 1.54) is 33.0 Å². The van der Waals surface area contributed by atoms with Crippen molar-refractivity contribution >= 4 is 22.4 Å². The predicted molar refractivity (Wildman–Crippen MR) is 109 cm³/mol. The van der Waals surface area contributed by atoms with Gasteiger partial charge < -0.3 is 0 Å². The van der Waals surface area contributed by atoms with Crippen molar-refractivity contribution in [3.05, 3.63) is 74.6 Å². The van der Waals surface area contributed by atoms with Gasteiger partial charge in [0.05, 0.1) is 12.2 Å². The zero-order chi connectivity index (χ0) is 19.5. The molecule has 0 aliphatic carbocycles. The molecule has 0 bridgehead atoms. The summed E-state index contributed by atoms with van der Waals surface area (Å²) in [6.07, 6.45) is 0.899. The van der Waals surface area contributed by atoms with Crippen molar-refractivity contribution in [2.75, 3.05) is 18.4 Å². The van der Waals surface area contributed by atoms with Gasteiger partial charge >= 0.3 is 0 Å². The molecule has 1 aromatic carbocycles. The number of benzene rings is 1. The molecule has 0 radical (unpaired) electrons. The Hall–Kier alpha value is -2.84.